The molecule has 0 aliphatic carbocycles. The van der Waals surface area contributed by atoms with E-state index in [1.54, 1.807) is 37.3 Å². The molecule has 3 aromatic rings. The molecule has 0 atom stereocenters. The number of fused-ring (bicyclic) bond motifs is 1. The quantitative estimate of drug-likeness (QED) is 0.527. The van der Waals surface area contributed by atoms with Gasteiger partial charge in [-0.25, -0.2) is 10.4 Å². The fourth-order valence-corrected chi connectivity index (χ4v) is 2.62. The van der Waals surface area contributed by atoms with Gasteiger partial charge in [0.1, 0.15) is 5.75 Å². The third kappa shape index (κ3) is 4.11. The van der Waals surface area contributed by atoms with Crippen LogP contribution in [0.4, 0.5) is 14.7 Å². The molecule has 0 bridgehead atoms. The average Bonchev–Trinajstić information content (AvgIpc) is 2.66. The van der Waals surface area contributed by atoms with Crippen LogP contribution in [0.15, 0.2) is 58.4 Å². The minimum absolute atomic E-state index is 0.0746. The summed E-state index contributed by atoms with van der Waals surface area (Å²) >= 11 is 0. The van der Waals surface area contributed by atoms with Crippen LogP contribution in [-0.2, 0) is 6.54 Å². The first-order valence-corrected chi connectivity index (χ1v) is 8.34. The molecular weight excluding hydrogens is 354 g/mol. The molecule has 0 aliphatic heterocycles. The van der Waals surface area contributed by atoms with Crippen molar-refractivity contribution in [2.45, 2.75) is 27.0 Å². The highest BCUT2D eigenvalue weighted by atomic mass is 19.3. The Balaban J connectivity index is 1.87. The van der Waals surface area contributed by atoms with E-state index in [2.05, 4.69) is 20.2 Å². The topological polar surface area (TPSA) is 68.5 Å². The summed E-state index contributed by atoms with van der Waals surface area (Å²) in [6, 6.07) is 13.2. The molecule has 0 unspecified atom stereocenters. The van der Waals surface area contributed by atoms with Crippen LogP contribution < -0.4 is 15.7 Å². The average molecular weight is 372 g/mol. The number of ether oxygens (including phenoxy) is 1. The Kier molecular flexibility index (Phi) is 5.44. The molecule has 1 N–H and O–H groups in total. The zero-order valence-electron chi connectivity index (χ0n) is 14.8. The number of hydrogen-bond acceptors (Lipinski definition) is 5. The molecule has 140 valence electrons. The summed E-state index contributed by atoms with van der Waals surface area (Å²) in [5.41, 5.74) is 4.58. The lowest BCUT2D eigenvalue weighted by molar-refractivity contribution is -0.0498. The molecule has 2 aromatic carbocycles. The first-order valence-electron chi connectivity index (χ1n) is 8.34. The summed E-state index contributed by atoms with van der Waals surface area (Å²) in [7, 11) is 0. The molecule has 3 rings (SSSR count). The predicted octanol–water partition coefficient (Wildman–Crippen LogP) is 3.85. The minimum atomic E-state index is -2.86. The van der Waals surface area contributed by atoms with Gasteiger partial charge in [0, 0.05) is 6.54 Å². The predicted molar refractivity (Wildman–Crippen MR) is 101 cm³/mol. The highest BCUT2D eigenvalue weighted by Gasteiger charge is 2.09. The Morgan fingerprint density at radius 1 is 1.22 bits per heavy atom. The molecule has 0 fully saturated rings. The SMILES string of the molecule is CCn1c(N/N=C(/C)c2ccc(OC(F)F)cc2)nc2ccccc2c1=O. The standard InChI is InChI=1S/C19H18F2N4O2/c1-3-25-17(26)15-6-4-5-7-16(15)22-19(25)24-23-12(2)13-8-10-14(11-9-13)27-18(20)21/h4-11,18H,3H2,1-2H3,(H,22,24)/b23-12-. The summed E-state index contributed by atoms with van der Waals surface area (Å²) in [5.74, 6) is 0.406. The molecule has 1 aromatic heterocycles. The largest absolute Gasteiger partial charge is 0.435 e. The van der Waals surface area contributed by atoms with Gasteiger partial charge in [0.25, 0.3) is 5.56 Å². The monoisotopic (exact) mass is 372 g/mol. The van der Waals surface area contributed by atoms with Crippen molar-refractivity contribution in [3.63, 3.8) is 0 Å². The maximum Gasteiger partial charge on any atom is 0.387 e. The molecule has 6 nitrogen and oxygen atoms in total. The smallest absolute Gasteiger partial charge is 0.387 e. The van der Waals surface area contributed by atoms with Crippen molar-refractivity contribution in [3.05, 3.63) is 64.4 Å². The minimum Gasteiger partial charge on any atom is -0.435 e. The summed E-state index contributed by atoms with van der Waals surface area (Å²) in [6.45, 7) is 1.18. The number of hydrogen-bond donors (Lipinski definition) is 1. The van der Waals surface area contributed by atoms with Gasteiger partial charge in [-0.1, -0.05) is 12.1 Å². The van der Waals surface area contributed by atoms with Crippen molar-refractivity contribution in [3.8, 4) is 5.75 Å². The van der Waals surface area contributed by atoms with E-state index < -0.39 is 6.61 Å². The van der Waals surface area contributed by atoms with Crippen LogP contribution in [0.5, 0.6) is 5.75 Å². The van der Waals surface area contributed by atoms with Crippen LogP contribution in [0.3, 0.4) is 0 Å². The Bertz CT molecular complexity index is 1030. The lowest BCUT2D eigenvalue weighted by Crippen LogP contribution is -2.23. The van der Waals surface area contributed by atoms with E-state index in [1.807, 2.05) is 13.0 Å². The number of halogens is 2. The van der Waals surface area contributed by atoms with E-state index in [0.29, 0.717) is 29.1 Å². The normalized spacial score (nSPS) is 11.8. The van der Waals surface area contributed by atoms with E-state index >= 15 is 0 Å². The van der Waals surface area contributed by atoms with Crippen LogP contribution >= 0.6 is 0 Å². The number of benzene rings is 2. The lowest BCUT2D eigenvalue weighted by atomic mass is 10.1. The summed E-state index contributed by atoms with van der Waals surface area (Å²) < 4.78 is 30.2. The first kappa shape index (κ1) is 18.5. The van der Waals surface area contributed by atoms with Crippen LogP contribution in [0.2, 0.25) is 0 Å². The summed E-state index contributed by atoms with van der Waals surface area (Å²) in [5, 5.41) is 4.81. The van der Waals surface area contributed by atoms with Crippen LogP contribution in [0.1, 0.15) is 19.4 Å². The van der Waals surface area contributed by atoms with Gasteiger partial charge < -0.3 is 4.74 Å². The maximum atomic E-state index is 12.6. The number of alkyl halides is 2. The van der Waals surface area contributed by atoms with Gasteiger partial charge in [0.05, 0.1) is 16.6 Å². The third-order valence-electron chi connectivity index (χ3n) is 4.00. The summed E-state index contributed by atoms with van der Waals surface area (Å²) in [4.78, 5) is 17.0. The van der Waals surface area contributed by atoms with E-state index in [4.69, 9.17) is 0 Å². The Morgan fingerprint density at radius 2 is 1.93 bits per heavy atom. The van der Waals surface area contributed by atoms with Gasteiger partial charge in [-0.05, 0) is 55.8 Å². The van der Waals surface area contributed by atoms with Crippen molar-refractivity contribution in [2.24, 2.45) is 5.10 Å². The van der Waals surface area contributed by atoms with Gasteiger partial charge in [0.2, 0.25) is 5.95 Å². The molecule has 0 amide bonds. The number of nitrogens with one attached hydrogen (secondary N) is 1. The van der Waals surface area contributed by atoms with Gasteiger partial charge in [-0.15, -0.1) is 0 Å². The van der Waals surface area contributed by atoms with E-state index in [-0.39, 0.29) is 11.3 Å². The maximum absolute atomic E-state index is 12.6. The van der Waals surface area contributed by atoms with Crippen molar-refractivity contribution < 1.29 is 13.5 Å². The zero-order chi connectivity index (χ0) is 19.4. The second-order valence-electron chi connectivity index (χ2n) is 5.71. The molecule has 0 saturated heterocycles. The molecule has 8 heteroatoms. The van der Waals surface area contributed by atoms with Crippen molar-refractivity contribution >= 4 is 22.6 Å². The fourth-order valence-electron chi connectivity index (χ4n) is 2.62. The molecule has 0 saturated carbocycles. The highest BCUT2D eigenvalue weighted by molar-refractivity contribution is 5.99. The van der Waals surface area contributed by atoms with Gasteiger partial charge in [-0.3, -0.25) is 9.36 Å². The zero-order valence-corrected chi connectivity index (χ0v) is 14.8. The van der Waals surface area contributed by atoms with Crippen LogP contribution in [-0.4, -0.2) is 21.9 Å². The number of para-hydroxylation sites is 1. The Morgan fingerprint density at radius 3 is 2.59 bits per heavy atom. The number of nitrogens with zero attached hydrogens (tertiary/aromatic N) is 3. The highest BCUT2D eigenvalue weighted by Crippen LogP contribution is 2.16. The van der Waals surface area contributed by atoms with E-state index in [9.17, 15) is 13.6 Å². The lowest BCUT2D eigenvalue weighted by Gasteiger charge is -2.11. The molecule has 0 radical (unpaired) electrons. The van der Waals surface area contributed by atoms with E-state index in [0.717, 1.165) is 5.56 Å². The molecule has 0 aliphatic rings. The molecule has 27 heavy (non-hydrogen) atoms. The molecule has 0 spiro atoms. The Hall–Kier alpha value is -3.29. The second-order valence-corrected chi connectivity index (χ2v) is 5.71. The van der Waals surface area contributed by atoms with Crippen LogP contribution in [0.25, 0.3) is 10.9 Å². The number of aromatic nitrogens is 2. The molecular formula is C19H18F2N4O2. The number of anilines is 1. The van der Waals surface area contributed by atoms with Crippen molar-refractivity contribution in [2.75, 3.05) is 5.43 Å². The fraction of sp³-hybridized carbons (Fsp3) is 0.211. The van der Waals surface area contributed by atoms with Crippen LogP contribution in [0, 0.1) is 0 Å². The molecule has 1 heterocycles. The second kappa shape index (κ2) is 7.94. The Labute approximate surface area is 154 Å². The van der Waals surface area contributed by atoms with Gasteiger partial charge in [0.15, 0.2) is 0 Å². The van der Waals surface area contributed by atoms with Crippen molar-refractivity contribution in [1.29, 1.82) is 0 Å². The number of rotatable bonds is 6. The number of hydrazone groups is 1. The van der Waals surface area contributed by atoms with Crippen molar-refractivity contribution in [1.82, 2.24) is 9.55 Å². The first-order chi connectivity index (χ1) is 13.0. The summed E-state index contributed by atoms with van der Waals surface area (Å²) in [6.07, 6.45) is 0. The van der Waals surface area contributed by atoms with Gasteiger partial charge >= 0.3 is 6.61 Å². The third-order valence-corrected chi connectivity index (χ3v) is 4.00. The van der Waals surface area contributed by atoms with E-state index in [1.165, 1.54) is 16.7 Å². The van der Waals surface area contributed by atoms with Gasteiger partial charge in [-0.2, -0.15) is 13.9 Å².